The van der Waals surface area contributed by atoms with Crippen molar-refractivity contribution >= 4 is 0 Å². The quantitative estimate of drug-likeness (QED) is 0.818. The second kappa shape index (κ2) is 5.75. The molecule has 106 valence electrons. The lowest BCUT2D eigenvalue weighted by Crippen LogP contribution is -2.18. The first-order valence-corrected chi connectivity index (χ1v) is 7.60. The molecule has 0 amide bonds. The van der Waals surface area contributed by atoms with Crippen LogP contribution in [0.1, 0.15) is 38.2 Å². The summed E-state index contributed by atoms with van der Waals surface area (Å²) in [5.74, 6) is 3.98. The number of ether oxygens (including phenoxy) is 2. The average molecular weight is 271 g/mol. The number of benzene rings is 1. The number of fused-ring (bicyclic) bond motifs is 2. The molecule has 20 heavy (non-hydrogen) atoms. The van der Waals surface area contributed by atoms with Gasteiger partial charge in [0.1, 0.15) is 0 Å². The number of nitriles is 1. The van der Waals surface area contributed by atoms with Gasteiger partial charge in [-0.15, -0.1) is 0 Å². The molecule has 0 heterocycles. The molecule has 3 heteroatoms. The van der Waals surface area contributed by atoms with Crippen molar-refractivity contribution in [2.45, 2.75) is 32.6 Å². The van der Waals surface area contributed by atoms with Crippen LogP contribution in [0.5, 0.6) is 11.5 Å². The normalized spacial score (nSPS) is 27.3. The first kappa shape index (κ1) is 13.3. The molecule has 3 rings (SSSR count). The molecule has 2 bridgehead atoms. The van der Waals surface area contributed by atoms with Gasteiger partial charge >= 0.3 is 0 Å². The van der Waals surface area contributed by atoms with Gasteiger partial charge < -0.3 is 9.47 Å². The summed E-state index contributed by atoms with van der Waals surface area (Å²) in [4.78, 5) is 0. The molecular weight excluding hydrogens is 250 g/mol. The Bertz CT molecular complexity index is 520. The van der Waals surface area contributed by atoms with Crippen LogP contribution in [-0.4, -0.2) is 13.2 Å². The molecule has 1 aromatic rings. The Labute approximate surface area is 120 Å². The second-order valence-corrected chi connectivity index (χ2v) is 5.95. The Balaban J connectivity index is 1.66. The van der Waals surface area contributed by atoms with Crippen LogP contribution >= 0.6 is 0 Å². The molecule has 2 aliphatic carbocycles. The molecule has 1 aromatic carbocycles. The Hall–Kier alpha value is -1.69. The Kier molecular flexibility index (Phi) is 3.82. The van der Waals surface area contributed by atoms with Gasteiger partial charge in [0.2, 0.25) is 0 Å². The van der Waals surface area contributed by atoms with Gasteiger partial charge in [0, 0.05) is 6.07 Å². The lowest BCUT2D eigenvalue weighted by molar-refractivity contribution is 0.187. The fourth-order valence-electron chi connectivity index (χ4n) is 3.74. The minimum Gasteiger partial charge on any atom is -0.490 e. The molecule has 0 saturated heterocycles. The maximum Gasteiger partial charge on any atom is 0.162 e. The molecule has 0 aromatic heterocycles. The Morgan fingerprint density at radius 2 is 2.10 bits per heavy atom. The van der Waals surface area contributed by atoms with Crippen molar-refractivity contribution < 1.29 is 9.47 Å². The van der Waals surface area contributed by atoms with Gasteiger partial charge in [-0.3, -0.25) is 0 Å². The highest BCUT2D eigenvalue weighted by molar-refractivity contribution is 5.46. The number of rotatable bonds is 5. The summed E-state index contributed by atoms with van der Waals surface area (Å²) in [5, 5.41) is 8.95. The summed E-state index contributed by atoms with van der Waals surface area (Å²) in [5.41, 5.74) is 0.612. The zero-order chi connectivity index (χ0) is 13.9. The van der Waals surface area contributed by atoms with E-state index in [0.717, 1.165) is 24.2 Å². The van der Waals surface area contributed by atoms with Crippen molar-refractivity contribution in [3.8, 4) is 17.6 Å². The minimum absolute atomic E-state index is 0.583. The molecule has 2 saturated carbocycles. The predicted octanol–water partition coefficient (Wildman–Crippen LogP) is 3.77. The molecule has 3 atom stereocenters. The molecule has 0 aliphatic heterocycles. The maximum atomic E-state index is 8.95. The molecule has 0 spiro atoms. The summed E-state index contributed by atoms with van der Waals surface area (Å²) in [6.07, 6.45) is 5.53. The van der Waals surface area contributed by atoms with Crippen molar-refractivity contribution in [1.29, 1.82) is 5.26 Å². The number of nitrogens with zero attached hydrogens (tertiary/aromatic N) is 1. The molecule has 0 radical (unpaired) electrons. The Morgan fingerprint density at radius 1 is 1.20 bits per heavy atom. The van der Waals surface area contributed by atoms with Crippen LogP contribution < -0.4 is 9.47 Å². The SMILES string of the molecule is CCOc1cc(C#N)ccc1OCC1CC2CCC1C2. The van der Waals surface area contributed by atoms with Crippen molar-refractivity contribution in [1.82, 2.24) is 0 Å². The van der Waals surface area contributed by atoms with Crippen molar-refractivity contribution in [3.05, 3.63) is 23.8 Å². The van der Waals surface area contributed by atoms with Crippen LogP contribution in [0.4, 0.5) is 0 Å². The van der Waals surface area contributed by atoms with Crippen LogP contribution in [0.2, 0.25) is 0 Å². The fraction of sp³-hybridized carbons (Fsp3) is 0.588. The van der Waals surface area contributed by atoms with Gasteiger partial charge in [-0.25, -0.2) is 0 Å². The molecule has 2 fully saturated rings. The average Bonchev–Trinajstić information content (AvgIpc) is 3.08. The zero-order valence-corrected chi connectivity index (χ0v) is 12.0. The predicted molar refractivity (Wildman–Crippen MR) is 76.8 cm³/mol. The van der Waals surface area contributed by atoms with E-state index in [1.807, 2.05) is 13.0 Å². The highest BCUT2D eigenvalue weighted by atomic mass is 16.5. The molecule has 2 aliphatic rings. The van der Waals surface area contributed by atoms with E-state index >= 15 is 0 Å². The van der Waals surface area contributed by atoms with E-state index in [0.29, 0.717) is 23.8 Å². The van der Waals surface area contributed by atoms with Crippen LogP contribution in [0, 0.1) is 29.1 Å². The lowest BCUT2D eigenvalue weighted by Gasteiger charge is -2.22. The van der Waals surface area contributed by atoms with E-state index in [4.69, 9.17) is 14.7 Å². The van der Waals surface area contributed by atoms with E-state index in [1.165, 1.54) is 25.7 Å². The van der Waals surface area contributed by atoms with Crippen molar-refractivity contribution in [2.24, 2.45) is 17.8 Å². The van der Waals surface area contributed by atoms with Crippen LogP contribution in [0.25, 0.3) is 0 Å². The van der Waals surface area contributed by atoms with E-state index in [-0.39, 0.29) is 0 Å². The Morgan fingerprint density at radius 3 is 2.75 bits per heavy atom. The van der Waals surface area contributed by atoms with E-state index in [1.54, 1.807) is 12.1 Å². The third-order valence-electron chi connectivity index (χ3n) is 4.71. The van der Waals surface area contributed by atoms with Crippen molar-refractivity contribution in [2.75, 3.05) is 13.2 Å². The summed E-state index contributed by atoms with van der Waals surface area (Å²) in [6.45, 7) is 3.31. The van der Waals surface area contributed by atoms with Gasteiger partial charge in [0.05, 0.1) is 24.8 Å². The first-order chi connectivity index (χ1) is 9.80. The van der Waals surface area contributed by atoms with Crippen LogP contribution in [0.3, 0.4) is 0 Å². The maximum absolute atomic E-state index is 8.95. The van der Waals surface area contributed by atoms with Gasteiger partial charge in [0.25, 0.3) is 0 Å². The van der Waals surface area contributed by atoms with Crippen molar-refractivity contribution in [3.63, 3.8) is 0 Å². The highest BCUT2D eigenvalue weighted by Crippen LogP contribution is 2.48. The molecule has 3 nitrogen and oxygen atoms in total. The molecular formula is C17H21NO2. The summed E-state index contributed by atoms with van der Waals surface area (Å²) < 4.78 is 11.6. The third kappa shape index (κ3) is 2.60. The topological polar surface area (TPSA) is 42.2 Å². The second-order valence-electron chi connectivity index (χ2n) is 5.95. The summed E-state index contributed by atoms with van der Waals surface area (Å²) >= 11 is 0. The number of hydrogen-bond donors (Lipinski definition) is 0. The van der Waals surface area contributed by atoms with Crippen LogP contribution in [-0.2, 0) is 0 Å². The van der Waals surface area contributed by atoms with Crippen LogP contribution in [0.15, 0.2) is 18.2 Å². The third-order valence-corrected chi connectivity index (χ3v) is 4.71. The summed E-state index contributed by atoms with van der Waals surface area (Å²) in [7, 11) is 0. The van der Waals surface area contributed by atoms with Gasteiger partial charge in [-0.1, -0.05) is 6.42 Å². The van der Waals surface area contributed by atoms with E-state index < -0.39 is 0 Å². The standard InChI is InChI=1S/C17H21NO2/c1-2-19-17-9-13(10-18)4-6-16(17)20-11-15-8-12-3-5-14(15)7-12/h4,6,9,12,14-15H,2-3,5,7-8,11H2,1H3. The van der Waals surface area contributed by atoms with Gasteiger partial charge in [0.15, 0.2) is 11.5 Å². The van der Waals surface area contributed by atoms with Gasteiger partial charge in [-0.05, 0) is 56.1 Å². The van der Waals surface area contributed by atoms with E-state index in [9.17, 15) is 0 Å². The smallest absolute Gasteiger partial charge is 0.162 e. The summed E-state index contributed by atoms with van der Waals surface area (Å²) in [6, 6.07) is 7.55. The monoisotopic (exact) mass is 271 g/mol. The minimum atomic E-state index is 0.583. The first-order valence-electron chi connectivity index (χ1n) is 7.60. The number of hydrogen-bond acceptors (Lipinski definition) is 3. The zero-order valence-electron chi connectivity index (χ0n) is 12.0. The largest absolute Gasteiger partial charge is 0.490 e. The lowest BCUT2D eigenvalue weighted by atomic mass is 9.89. The highest BCUT2D eigenvalue weighted by Gasteiger charge is 2.39. The van der Waals surface area contributed by atoms with E-state index in [2.05, 4.69) is 6.07 Å². The molecule has 0 N–H and O–H groups in total. The molecule has 3 unspecified atom stereocenters. The fourth-order valence-corrected chi connectivity index (χ4v) is 3.74. The van der Waals surface area contributed by atoms with Gasteiger partial charge in [-0.2, -0.15) is 5.26 Å².